The van der Waals surface area contributed by atoms with Gasteiger partial charge in [0.1, 0.15) is 0 Å². The number of hydrogen-bond donors (Lipinski definition) is 1. The summed E-state index contributed by atoms with van der Waals surface area (Å²) in [5, 5.41) is 3.19. The quantitative estimate of drug-likeness (QED) is 0.821. The minimum Gasteiger partial charge on any atom is -0.477 e. The van der Waals surface area contributed by atoms with Gasteiger partial charge in [0, 0.05) is 18.0 Å². The molecule has 1 atom stereocenters. The maximum Gasteiger partial charge on any atom is 0.213 e. The Morgan fingerprint density at radius 2 is 2.00 bits per heavy atom. The summed E-state index contributed by atoms with van der Waals surface area (Å²) in [5.41, 5.74) is 2.35. The van der Waals surface area contributed by atoms with E-state index in [0.717, 1.165) is 24.7 Å². The van der Waals surface area contributed by atoms with Crippen LogP contribution < -0.4 is 10.1 Å². The van der Waals surface area contributed by atoms with Gasteiger partial charge in [-0.1, -0.05) is 41.0 Å². The summed E-state index contributed by atoms with van der Waals surface area (Å²) in [6, 6.07) is 4.21. The van der Waals surface area contributed by atoms with Crippen LogP contribution in [0.5, 0.6) is 5.88 Å². The molecule has 0 saturated heterocycles. The second-order valence-electron chi connectivity index (χ2n) is 6.68. The number of aromatic nitrogens is 1. The number of hydrogen-bond acceptors (Lipinski definition) is 3. The topological polar surface area (TPSA) is 34.1 Å². The summed E-state index contributed by atoms with van der Waals surface area (Å²) >= 11 is 0. The second kappa shape index (κ2) is 7.63. The average molecular weight is 278 g/mol. The third kappa shape index (κ3) is 5.49. The molecule has 0 spiro atoms. The zero-order valence-corrected chi connectivity index (χ0v) is 13.9. The van der Waals surface area contributed by atoms with E-state index in [1.54, 1.807) is 0 Å². The zero-order chi connectivity index (χ0) is 15.2. The van der Waals surface area contributed by atoms with E-state index in [2.05, 4.69) is 51.0 Å². The van der Waals surface area contributed by atoms with Gasteiger partial charge in [0.05, 0.1) is 12.3 Å². The number of nitrogens with zero attached hydrogens (tertiary/aromatic N) is 1. The molecule has 0 fully saturated rings. The van der Waals surface area contributed by atoms with Crippen LogP contribution in [0.15, 0.2) is 12.1 Å². The predicted octanol–water partition coefficient (Wildman–Crippen LogP) is 3.91. The summed E-state index contributed by atoms with van der Waals surface area (Å²) in [4.78, 5) is 4.67. The largest absolute Gasteiger partial charge is 0.477 e. The number of rotatable bonds is 7. The van der Waals surface area contributed by atoms with E-state index in [1.165, 1.54) is 18.4 Å². The van der Waals surface area contributed by atoms with Crippen molar-refractivity contribution < 1.29 is 4.74 Å². The first-order chi connectivity index (χ1) is 9.36. The van der Waals surface area contributed by atoms with Crippen molar-refractivity contribution in [2.75, 3.05) is 13.7 Å². The standard InChI is InChI=1S/C17H30N2O/c1-7-8-13(2)12-20-16-10-14(11-18-6)9-15(19-16)17(3,4)5/h9-10,13,18H,7-8,11-12H2,1-6H3. The van der Waals surface area contributed by atoms with Gasteiger partial charge in [-0.25, -0.2) is 4.98 Å². The first kappa shape index (κ1) is 17.0. The lowest BCUT2D eigenvalue weighted by atomic mass is 9.91. The van der Waals surface area contributed by atoms with Crippen LogP contribution in [0.25, 0.3) is 0 Å². The molecule has 0 bridgehead atoms. The molecule has 1 unspecified atom stereocenters. The van der Waals surface area contributed by atoms with Crippen molar-refractivity contribution >= 4 is 0 Å². The molecule has 20 heavy (non-hydrogen) atoms. The average Bonchev–Trinajstić information content (AvgIpc) is 2.36. The van der Waals surface area contributed by atoms with E-state index in [4.69, 9.17) is 4.74 Å². The Hall–Kier alpha value is -1.09. The van der Waals surface area contributed by atoms with Crippen molar-refractivity contribution in [2.45, 2.75) is 59.4 Å². The van der Waals surface area contributed by atoms with E-state index in [9.17, 15) is 0 Å². The monoisotopic (exact) mass is 278 g/mol. The molecule has 0 saturated carbocycles. The van der Waals surface area contributed by atoms with E-state index < -0.39 is 0 Å². The highest BCUT2D eigenvalue weighted by Gasteiger charge is 2.17. The molecule has 1 N–H and O–H groups in total. The fourth-order valence-corrected chi connectivity index (χ4v) is 2.13. The summed E-state index contributed by atoms with van der Waals surface area (Å²) in [6.45, 7) is 12.6. The van der Waals surface area contributed by atoms with E-state index >= 15 is 0 Å². The molecular weight excluding hydrogens is 248 g/mol. The van der Waals surface area contributed by atoms with Crippen LogP contribution in [0.3, 0.4) is 0 Å². The van der Waals surface area contributed by atoms with Crippen LogP contribution in [0.4, 0.5) is 0 Å². The fourth-order valence-electron chi connectivity index (χ4n) is 2.13. The summed E-state index contributed by atoms with van der Waals surface area (Å²) in [7, 11) is 1.96. The van der Waals surface area contributed by atoms with Gasteiger partial charge in [0.2, 0.25) is 5.88 Å². The number of pyridine rings is 1. The summed E-state index contributed by atoms with van der Waals surface area (Å²) in [5.74, 6) is 1.33. The first-order valence-corrected chi connectivity index (χ1v) is 7.65. The molecule has 1 aromatic rings. The highest BCUT2D eigenvalue weighted by Crippen LogP contribution is 2.24. The molecule has 114 valence electrons. The Kier molecular flexibility index (Phi) is 6.47. The lowest BCUT2D eigenvalue weighted by molar-refractivity contribution is 0.241. The van der Waals surface area contributed by atoms with Gasteiger partial charge >= 0.3 is 0 Å². The first-order valence-electron chi connectivity index (χ1n) is 7.65. The normalized spacial score (nSPS) is 13.3. The van der Waals surface area contributed by atoms with Gasteiger partial charge in [-0.2, -0.15) is 0 Å². The van der Waals surface area contributed by atoms with E-state index in [0.29, 0.717) is 5.92 Å². The SMILES string of the molecule is CCCC(C)COc1cc(CNC)cc(C(C)(C)C)n1. The van der Waals surface area contributed by atoms with Crippen molar-refractivity contribution in [3.8, 4) is 5.88 Å². The van der Waals surface area contributed by atoms with Gasteiger partial charge < -0.3 is 10.1 Å². The zero-order valence-electron chi connectivity index (χ0n) is 13.9. The molecule has 0 aliphatic carbocycles. The number of ether oxygens (including phenoxy) is 1. The number of nitrogens with one attached hydrogen (secondary N) is 1. The van der Waals surface area contributed by atoms with Gasteiger partial charge in [0.25, 0.3) is 0 Å². The molecule has 0 aromatic carbocycles. The van der Waals surface area contributed by atoms with Crippen molar-refractivity contribution in [1.29, 1.82) is 0 Å². The maximum atomic E-state index is 5.90. The molecule has 1 rings (SSSR count). The predicted molar refractivity (Wildman–Crippen MR) is 85.3 cm³/mol. The molecule has 0 amide bonds. The smallest absolute Gasteiger partial charge is 0.213 e. The van der Waals surface area contributed by atoms with Crippen molar-refractivity contribution in [2.24, 2.45) is 5.92 Å². The molecule has 0 aliphatic heterocycles. The van der Waals surface area contributed by atoms with Crippen molar-refractivity contribution in [1.82, 2.24) is 10.3 Å². The van der Waals surface area contributed by atoms with Gasteiger partial charge in [-0.15, -0.1) is 0 Å². The Morgan fingerprint density at radius 3 is 2.55 bits per heavy atom. The maximum absolute atomic E-state index is 5.90. The molecule has 0 aliphatic rings. The molecule has 1 aromatic heterocycles. The molecule has 1 heterocycles. The van der Waals surface area contributed by atoms with Gasteiger partial charge in [-0.3, -0.25) is 0 Å². The molecule has 3 heteroatoms. The highest BCUT2D eigenvalue weighted by atomic mass is 16.5. The lowest BCUT2D eigenvalue weighted by Crippen LogP contribution is -2.17. The van der Waals surface area contributed by atoms with Crippen molar-refractivity contribution in [3.05, 3.63) is 23.4 Å². The van der Waals surface area contributed by atoms with Crippen LogP contribution in [0.2, 0.25) is 0 Å². The lowest BCUT2D eigenvalue weighted by Gasteiger charge is -2.20. The van der Waals surface area contributed by atoms with Crippen LogP contribution in [0, 0.1) is 5.92 Å². The highest BCUT2D eigenvalue weighted by molar-refractivity contribution is 5.28. The Bertz CT molecular complexity index is 410. The Morgan fingerprint density at radius 1 is 1.30 bits per heavy atom. The summed E-state index contributed by atoms with van der Waals surface area (Å²) in [6.07, 6.45) is 2.40. The van der Waals surface area contributed by atoms with Crippen LogP contribution in [-0.2, 0) is 12.0 Å². The van der Waals surface area contributed by atoms with Crippen LogP contribution in [-0.4, -0.2) is 18.6 Å². The minimum absolute atomic E-state index is 0.0386. The van der Waals surface area contributed by atoms with Crippen molar-refractivity contribution in [3.63, 3.8) is 0 Å². The third-order valence-electron chi connectivity index (χ3n) is 3.31. The molecule has 3 nitrogen and oxygen atoms in total. The van der Waals surface area contributed by atoms with E-state index in [1.807, 2.05) is 13.1 Å². The van der Waals surface area contributed by atoms with Crippen LogP contribution >= 0.6 is 0 Å². The van der Waals surface area contributed by atoms with Gasteiger partial charge in [0.15, 0.2) is 0 Å². The third-order valence-corrected chi connectivity index (χ3v) is 3.31. The fraction of sp³-hybridized carbons (Fsp3) is 0.706. The minimum atomic E-state index is 0.0386. The molecular formula is C17H30N2O. The summed E-state index contributed by atoms with van der Waals surface area (Å²) < 4.78 is 5.90. The Balaban J connectivity index is 2.86. The van der Waals surface area contributed by atoms with Crippen LogP contribution in [0.1, 0.15) is 58.7 Å². The second-order valence-corrected chi connectivity index (χ2v) is 6.68. The Labute approximate surface area is 124 Å². The van der Waals surface area contributed by atoms with Gasteiger partial charge in [-0.05, 0) is 31.0 Å². The van der Waals surface area contributed by atoms with E-state index in [-0.39, 0.29) is 5.41 Å². The molecule has 0 radical (unpaired) electrons.